The van der Waals surface area contributed by atoms with Crippen molar-refractivity contribution in [3.05, 3.63) is 101 Å². The highest BCUT2D eigenvalue weighted by Gasteiger charge is 2.12. The zero-order valence-corrected chi connectivity index (χ0v) is 17.2. The summed E-state index contributed by atoms with van der Waals surface area (Å²) in [5, 5.41) is 5.25. The van der Waals surface area contributed by atoms with Gasteiger partial charge in [0.05, 0.1) is 22.9 Å². The van der Waals surface area contributed by atoms with E-state index in [0.29, 0.717) is 0 Å². The minimum absolute atomic E-state index is 0.0862. The summed E-state index contributed by atoms with van der Waals surface area (Å²) in [7, 11) is 0. The quantitative estimate of drug-likeness (QED) is 0.384. The number of pyridine rings is 3. The highest BCUT2D eigenvalue weighted by atomic mass is 16.1. The lowest BCUT2D eigenvalue weighted by atomic mass is 10.1. The molecule has 5 aromatic rings. The first-order valence-corrected chi connectivity index (χ1v) is 10.4. The monoisotopic (exact) mass is 406 g/mol. The first-order chi connectivity index (χ1) is 15.2. The number of nitrogens with one attached hydrogen (secondary N) is 1. The van der Waals surface area contributed by atoms with E-state index >= 15 is 0 Å². The molecule has 0 atom stereocenters. The molecule has 0 amide bonds. The van der Waals surface area contributed by atoms with Gasteiger partial charge in [-0.25, -0.2) is 0 Å². The van der Waals surface area contributed by atoms with Crippen molar-refractivity contribution in [3.8, 4) is 5.69 Å². The van der Waals surface area contributed by atoms with Gasteiger partial charge in [0, 0.05) is 40.6 Å². The van der Waals surface area contributed by atoms with Crippen LogP contribution < -0.4 is 10.9 Å². The van der Waals surface area contributed by atoms with Crippen LogP contribution in [-0.2, 0) is 6.42 Å². The molecule has 0 bridgehead atoms. The highest BCUT2D eigenvalue weighted by Crippen LogP contribution is 2.28. The Balaban J connectivity index is 1.75. The molecule has 0 aliphatic carbocycles. The minimum Gasteiger partial charge on any atom is -0.356 e. The van der Waals surface area contributed by atoms with E-state index in [4.69, 9.17) is 0 Å². The van der Waals surface area contributed by atoms with Gasteiger partial charge >= 0.3 is 0 Å². The van der Waals surface area contributed by atoms with E-state index < -0.39 is 0 Å². The number of anilines is 2. The van der Waals surface area contributed by atoms with E-state index in [9.17, 15) is 4.79 Å². The molecule has 3 aromatic heterocycles. The van der Waals surface area contributed by atoms with Gasteiger partial charge in [0.2, 0.25) is 0 Å². The van der Waals surface area contributed by atoms with Crippen molar-refractivity contribution in [3.63, 3.8) is 0 Å². The van der Waals surface area contributed by atoms with Crippen molar-refractivity contribution in [1.29, 1.82) is 0 Å². The number of aryl methyl sites for hydroxylation is 1. The molecule has 5 rings (SSSR count). The summed E-state index contributed by atoms with van der Waals surface area (Å²) in [4.78, 5) is 22.0. The Morgan fingerprint density at radius 1 is 0.903 bits per heavy atom. The molecular formula is C26H22N4O. The fourth-order valence-corrected chi connectivity index (χ4v) is 3.96. The lowest BCUT2D eigenvalue weighted by molar-refractivity contribution is 0.906. The van der Waals surface area contributed by atoms with Crippen LogP contribution in [0, 0.1) is 0 Å². The van der Waals surface area contributed by atoms with E-state index in [2.05, 4.69) is 34.3 Å². The number of hydrogen-bond donors (Lipinski definition) is 1. The van der Waals surface area contributed by atoms with Crippen LogP contribution in [0.1, 0.15) is 18.9 Å². The number of benzene rings is 2. The third-order valence-electron chi connectivity index (χ3n) is 5.36. The van der Waals surface area contributed by atoms with Crippen molar-refractivity contribution >= 4 is 33.2 Å². The maximum Gasteiger partial charge on any atom is 0.255 e. The van der Waals surface area contributed by atoms with Crippen LogP contribution in [0.15, 0.2) is 90.1 Å². The standard InChI is InChI=1S/C26H22N4O/c1-2-6-18-13-22(17-27-15-18)30-25(31)12-9-19-16-28-24-11-10-21(14-23(24)26(19)30)29-20-7-4-3-5-8-20/h3-5,7-17,29H,2,6H2,1H3. The van der Waals surface area contributed by atoms with Crippen LogP contribution in [0.4, 0.5) is 11.4 Å². The van der Waals surface area contributed by atoms with Crippen molar-refractivity contribution in [2.24, 2.45) is 0 Å². The number of rotatable bonds is 5. The average Bonchev–Trinajstić information content (AvgIpc) is 2.80. The summed E-state index contributed by atoms with van der Waals surface area (Å²) >= 11 is 0. The third-order valence-corrected chi connectivity index (χ3v) is 5.36. The Morgan fingerprint density at radius 3 is 2.61 bits per heavy atom. The molecule has 152 valence electrons. The highest BCUT2D eigenvalue weighted by molar-refractivity contribution is 6.05. The van der Waals surface area contributed by atoms with E-state index in [1.165, 1.54) is 0 Å². The zero-order chi connectivity index (χ0) is 21.2. The smallest absolute Gasteiger partial charge is 0.255 e. The Kier molecular flexibility index (Phi) is 4.92. The van der Waals surface area contributed by atoms with Crippen molar-refractivity contribution in [2.45, 2.75) is 19.8 Å². The Bertz CT molecular complexity index is 1440. The number of aromatic nitrogens is 3. The van der Waals surface area contributed by atoms with Crippen LogP contribution in [0.2, 0.25) is 0 Å². The number of fused-ring (bicyclic) bond motifs is 3. The molecule has 1 N–H and O–H groups in total. The van der Waals surface area contributed by atoms with E-state index in [1.807, 2.05) is 60.9 Å². The van der Waals surface area contributed by atoms with Gasteiger partial charge < -0.3 is 5.32 Å². The van der Waals surface area contributed by atoms with Gasteiger partial charge in [0.25, 0.3) is 5.56 Å². The largest absolute Gasteiger partial charge is 0.356 e. The summed E-state index contributed by atoms with van der Waals surface area (Å²) in [6, 6.07) is 21.5. The van der Waals surface area contributed by atoms with Gasteiger partial charge in [-0.15, -0.1) is 0 Å². The van der Waals surface area contributed by atoms with Crippen LogP contribution in [0.25, 0.3) is 27.5 Å². The predicted octanol–water partition coefficient (Wildman–Crippen LogP) is 5.63. The zero-order valence-electron chi connectivity index (χ0n) is 17.2. The molecule has 2 aromatic carbocycles. The fraction of sp³-hybridized carbons (Fsp3) is 0.115. The van der Waals surface area contributed by atoms with Gasteiger partial charge in [0.1, 0.15) is 0 Å². The maximum absolute atomic E-state index is 13.0. The number of para-hydroxylation sites is 1. The van der Waals surface area contributed by atoms with Gasteiger partial charge in [-0.05, 0) is 54.4 Å². The molecule has 5 heteroatoms. The SMILES string of the molecule is CCCc1cncc(-n2c(=O)ccc3cnc4ccc(Nc5ccccc5)cc4c32)c1. The van der Waals surface area contributed by atoms with Gasteiger partial charge in [0.15, 0.2) is 0 Å². The van der Waals surface area contributed by atoms with Crippen molar-refractivity contribution in [1.82, 2.24) is 14.5 Å². The van der Waals surface area contributed by atoms with Crippen molar-refractivity contribution < 1.29 is 0 Å². The average molecular weight is 406 g/mol. The van der Waals surface area contributed by atoms with E-state index in [-0.39, 0.29) is 5.56 Å². The van der Waals surface area contributed by atoms with E-state index in [1.54, 1.807) is 16.8 Å². The maximum atomic E-state index is 13.0. The molecular weight excluding hydrogens is 384 g/mol. The minimum atomic E-state index is -0.0862. The normalized spacial score (nSPS) is 11.1. The summed E-state index contributed by atoms with van der Waals surface area (Å²) in [5.74, 6) is 0. The Hall–Kier alpha value is -3.99. The first-order valence-electron chi connectivity index (χ1n) is 10.4. The fourth-order valence-electron chi connectivity index (χ4n) is 3.96. The van der Waals surface area contributed by atoms with Gasteiger partial charge in [-0.2, -0.15) is 0 Å². The second-order valence-corrected chi connectivity index (χ2v) is 7.59. The van der Waals surface area contributed by atoms with Gasteiger partial charge in [-0.1, -0.05) is 31.5 Å². The topological polar surface area (TPSA) is 59.8 Å². The number of hydrogen-bond acceptors (Lipinski definition) is 4. The van der Waals surface area contributed by atoms with Crippen molar-refractivity contribution in [2.75, 3.05) is 5.32 Å². The lowest BCUT2D eigenvalue weighted by Crippen LogP contribution is -2.18. The summed E-state index contributed by atoms with van der Waals surface area (Å²) in [5.41, 5.74) is 5.42. The Morgan fingerprint density at radius 2 is 1.77 bits per heavy atom. The molecule has 5 nitrogen and oxygen atoms in total. The van der Waals surface area contributed by atoms with Crippen LogP contribution in [0.3, 0.4) is 0 Å². The molecule has 31 heavy (non-hydrogen) atoms. The molecule has 0 fully saturated rings. The molecule has 0 unspecified atom stereocenters. The third kappa shape index (κ3) is 3.66. The molecule has 0 saturated heterocycles. The lowest BCUT2D eigenvalue weighted by Gasteiger charge is -2.14. The molecule has 0 radical (unpaired) electrons. The Labute approximate surface area is 180 Å². The summed E-state index contributed by atoms with van der Waals surface area (Å²) < 4.78 is 1.75. The molecule has 3 heterocycles. The van der Waals surface area contributed by atoms with Crippen LogP contribution in [-0.4, -0.2) is 14.5 Å². The predicted molar refractivity (Wildman–Crippen MR) is 126 cm³/mol. The van der Waals surface area contributed by atoms with Crippen LogP contribution >= 0.6 is 0 Å². The summed E-state index contributed by atoms with van der Waals surface area (Å²) in [6.07, 6.45) is 7.38. The molecule has 0 spiro atoms. The second-order valence-electron chi connectivity index (χ2n) is 7.59. The van der Waals surface area contributed by atoms with Gasteiger partial charge in [-0.3, -0.25) is 19.3 Å². The molecule has 0 saturated carbocycles. The summed E-state index contributed by atoms with van der Waals surface area (Å²) in [6.45, 7) is 2.14. The van der Waals surface area contributed by atoms with Crippen LogP contribution in [0.5, 0.6) is 0 Å². The molecule has 0 aliphatic heterocycles. The van der Waals surface area contributed by atoms with E-state index in [0.717, 1.165) is 57.3 Å². The first kappa shape index (κ1) is 19.0. The second kappa shape index (κ2) is 8.03. The molecule has 0 aliphatic rings. The number of nitrogens with zero attached hydrogens (tertiary/aromatic N) is 3.